The third kappa shape index (κ3) is 2.70. The number of hydrogen-bond acceptors (Lipinski definition) is 3. The lowest BCUT2D eigenvalue weighted by atomic mass is 10.00. The Morgan fingerprint density at radius 2 is 1.94 bits per heavy atom. The van der Waals surface area contributed by atoms with E-state index in [0.29, 0.717) is 0 Å². The van der Waals surface area contributed by atoms with Gasteiger partial charge in [0.15, 0.2) is 6.10 Å². The van der Waals surface area contributed by atoms with Crippen LogP contribution in [0, 0.1) is 0 Å². The summed E-state index contributed by atoms with van der Waals surface area (Å²) in [4.78, 5) is 10.6. The molecule has 0 bridgehead atoms. The maximum atomic E-state index is 12.7. The Morgan fingerprint density at radius 3 is 2.35 bits per heavy atom. The van der Waals surface area contributed by atoms with E-state index in [1.165, 1.54) is 0 Å². The molecule has 0 saturated heterocycles. The number of carboxylic acid groups (broad SMARTS) is 1. The van der Waals surface area contributed by atoms with Crippen LogP contribution in [0.4, 0.5) is 18.9 Å². The van der Waals surface area contributed by atoms with E-state index in [9.17, 15) is 23.1 Å². The van der Waals surface area contributed by atoms with Crippen LogP contribution in [0.5, 0.6) is 0 Å². The van der Waals surface area contributed by atoms with E-state index in [1.807, 2.05) is 0 Å². The first-order chi connectivity index (χ1) is 7.66. The molecular weight excluding hydrogens is 307 g/mol. The Hall–Kier alpha value is -1.28. The standard InChI is InChI=1S/C9H7BrF3NO3/c10-3-1-2-4(14)5(7(15)8(16)17)6(3)9(11,12)13/h1-2,7,15H,14H2,(H,16,17). The Labute approximate surface area is 102 Å². The minimum Gasteiger partial charge on any atom is -0.479 e. The zero-order chi connectivity index (χ0) is 13.4. The van der Waals surface area contributed by atoms with Crippen molar-refractivity contribution >= 4 is 27.6 Å². The molecule has 0 heterocycles. The minimum absolute atomic E-state index is 0.380. The molecule has 8 heteroatoms. The largest absolute Gasteiger partial charge is 0.479 e. The number of benzene rings is 1. The molecule has 0 radical (unpaired) electrons. The molecule has 94 valence electrons. The molecule has 17 heavy (non-hydrogen) atoms. The number of rotatable bonds is 2. The highest BCUT2D eigenvalue weighted by Crippen LogP contribution is 2.41. The van der Waals surface area contributed by atoms with Gasteiger partial charge in [-0.2, -0.15) is 13.2 Å². The third-order valence-corrected chi connectivity index (χ3v) is 2.68. The van der Waals surface area contributed by atoms with Crippen molar-refractivity contribution in [3.05, 3.63) is 27.7 Å². The van der Waals surface area contributed by atoms with E-state index < -0.39 is 35.1 Å². The molecule has 1 atom stereocenters. The van der Waals surface area contributed by atoms with Crippen molar-refractivity contribution < 1.29 is 28.2 Å². The van der Waals surface area contributed by atoms with Crippen LogP contribution < -0.4 is 5.73 Å². The molecule has 1 aromatic carbocycles. The number of anilines is 1. The van der Waals surface area contributed by atoms with Crippen LogP contribution in [0.3, 0.4) is 0 Å². The van der Waals surface area contributed by atoms with Gasteiger partial charge in [-0.3, -0.25) is 0 Å². The van der Waals surface area contributed by atoms with E-state index in [-0.39, 0.29) is 4.47 Å². The Bertz CT molecular complexity index is 462. The number of aliphatic hydroxyl groups excluding tert-OH is 1. The predicted octanol–water partition coefficient (Wildman–Crippen LogP) is 2.17. The highest BCUT2D eigenvalue weighted by Gasteiger charge is 2.39. The number of alkyl halides is 3. The number of nitrogens with two attached hydrogens (primary N) is 1. The number of aliphatic hydroxyl groups is 1. The Kier molecular flexibility index (Phi) is 3.68. The zero-order valence-electron chi connectivity index (χ0n) is 8.12. The minimum atomic E-state index is -4.82. The van der Waals surface area contributed by atoms with Crippen molar-refractivity contribution in [1.29, 1.82) is 0 Å². The molecule has 0 aliphatic rings. The summed E-state index contributed by atoms with van der Waals surface area (Å²) < 4.78 is 37.8. The molecule has 1 unspecified atom stereocenters. The summed E-state index contributed by atoms with van der Waals surface area (Å²) in [6.45, 7) is 0. The number of carboxylic acids is 1. The van der Waals surface area contributed by atoms with Crippen LogP contribution in [0.1, 0.15) is 17.2 Å². The maximum Gasteiger partial charge on any atom is 0.417 e. The molecule has 4 nitrogen and oxygen atoms in total. The van der Waals surface area contributed by atoms with E-state index in [1.54, 1.807) is 0 Å². The monoisotopic (exact) mass is 313 g/mol. The van der Waals surface area contributed by atoms with Gasteiger partial charge in [0.25, 0.3) is 0 Å². The molecule has 0 fully saturated rings. The summed E-state index contributed by atoms with van der Waals surface area (Å²) in [5, 5.41) is 17.8. The summed E-state index contributed by atoms with van der Waals surface area (Å²) in [5.74, 6) is -1.81. The summed E-state index contributed by atoms with van der Waals surface area (Å²) >= 11 is 2.65. The van der Waals surface area contributed by atoms with Gasteiger partial charge in [-0.25, -0.2) is 4.79 Å². The SMILES string of the molecule is Nc1ccc(Br)c(C(F)(F)F)c1C(O)C(=O)O. The predicted molar refractivity (Wildman–Crippen MR) is 56.2 cm³/mol. The van der Waals surface area contributed by atoms with Crippen molar-refractivity contribution in [2.75, 3.05) is 5.73 Å². The molecular formula is C9H7BrF3NO3. The average molecular weight is 314 g/mol. The molecule has 4 N–H and O–H groups in total. The van der Waals surface area contributed by atoms with E-state index in [0.717, 1.165) is 12.1 Å². The van der Waals surface area contributed by atoms with Crippen molar-refractivity contribution in [2.45, 2.75) is 12.3 Å². The van der Waals surface area contributed by atoms with Crippen LogP contribution in [-0.2, 0) is 11.0 Å². The summed E-state index contributed by atoms with van der Waals surface area (Å²) in [7, 11) is 0. The van der Waals surface area contributed by atoms with E-state index in [2.05, 4.69) is 15.9 Å². The zero-order valence-corrected chi connectivity index (χ0v) is 9.71. The molecule has 0 aromatic heterocycles. The topological polar surface area (TPSA) is 83.5 Å². The molecule has 0 aliphatic heterocycles. The van der Waals surface area contributed by atoms with Gasteiger partial charge < -0.3 is 15.9 Å². The lowest BCUT2D eigenvalue weighted by molar-refractivity contribution is -0.149. The van der Waals surface area contributed by atoms with Gasteiger partial charge in [-0.15, -0.1) is 0 Å². The van der Waals surface area contributed by atoms with Gasteiger partial charge in [0, 0.05) is 15.7 Å². The number of halogens is 4. The molecule has 1 aromatic rings. The number of aliphatic carboxylic acids is 1. The summed E-state index contributed by atoms with van der Waals surface area (Å²) in [6, 6.07) is 2.12. The van der Waals surface area contributed by atoms with Crippen LogP contribution in [-0.4, -0.2) is 16.2 Å². The fourth-order valence-corrected chi connectivity index (χ4v) is 1.89. The normalized spacial score (nSPS) is 13.5. The Morgan fingerprint density at radius 1 is 1.41 bits per heavy atom. The van der Waals surface area contributed by atoms with E-state index >= 15 is 0 Å². The average Bonchev–Trinajstić information content (AvgIpc) is 2.18. The summed E-state index contributed by atoms with van der Waals surface area (Å²) in [5.41, 5.74) is 2.70. The lowest BCUT2D eigenvalue weighted by Gasteiger charge is -2.18. The second-order valence-corrected chi connectivity index (χ2v) is 4.02. The highest BCUT2D eigenvalue weighted by atomic mass is 79.9. The van der Waals surface area contributed by atoms with Crippen LogP contribution in [0.2, 0.25) is 0 Å². The van der Waals surface area contributed by atoms with Crippen molar-refractivity contribution in [2.24, 2.45) is 0 Å². The number of nitrogen functional groups attached to an aromatic ring is 1. The second-order valence-electron chi connectivity index (χ2n) is 3.16. The van der Waals surface area contributed by atoms with Crippen molar-refractivity contribution in [3.8, 4) is 0 Å². The fraction of sp³-hybridized carbons (Fsp3) is 0.222. The van der Waals surface area contributed by atoms with E-state index in [4.69, 9.17) is 10.8 Å². The van der Waals surface area contributed by atoms with Crippen molar-refractivity contribution in [3.63, 3.8) is 0 Å². The smallest absolute Gasteiger partial charge is 0.417 e. The van der Waals surface area contributed by atoms with Gasteiger partial charge in [-0.1, -0.05) is 15.9 Å². The molecule has 0 spiro atoms. The second kappa shape index (κ2) is 4.53. The molecule has 0 aliphatic carbocycles. The lowest BCUT2D eigenvalue weighted by Crippen LogP contribution is -2.20. The van der Waals surface area contributed by atoms with Crippen LogP contribution in [0.15, 0.2) is 16.6 Å². The first-order valence-corrected chi connectivity index (χ1v) is 5.01. The highest BCUT2D eigenvalue weighted by molar-refractivity contribution is 9.10. The molecule has 0 saturated carbocycles. The van der Waals surface area contributed by atoms with Gasteiger partial charge in [-0.05, 0) is 12.1 Å². The van der Waals surface area contributed by atoms with Gasteiger partial charge in [0.2, 0.25) is 0 Å². The quantitative estimate of drug-likeness (QED) is 0.731. The van der Waals surface area contributed by atoms with Gasteiger partial charge in [0.05, 0.1) is 5.56 Å². The van der Waals surface area contributed by atoms with Gasteiger partial charge in [0.1, 0.15) is 0 Å². The van der Waals surface area contributed by atoms with Gasteiger partial charge >= 0.3 is 12.1 Å². The maximum absolute atomic E-state index is 12.7. The summed E-state index contributed by atoms with van der Waals surface area (Å²) in [6.07, 6.45) is -7.15. The first-order valence-electron chi connectivity index (χ1n) is 4.22. The van der Waals surface area contributed by atoms with Crippen LogP contribution in [0.25, 0.3) is 0 Å². The van der Waals surface area contributed by atoms with Crippen LogP contribution >= 0.6 is 15.9 Å². The third-order valence-electron chi connectivity index (χ3n) is 2.02. The molecule has 0 amide bonds. The number of hydrogen-bond donors (Lipinski definition) is 3. The Balaban J connectivity index is 3.57. The fourth-order valence-electron chi connectivity index (χ4n) is 1.32. The first kappa shape index (κ1) is 13.8. The molecule has 1 rings (SSSR count). The van der Waals surface area contributed by atoms with Crippen molar-refractivity contribution in [1.82, 2.24) is 0 Å². The number of carbonyl (C=O) groups is 1.